The van der Waals surface area contributed by atoms with Crippen LogP contribution >= 0.6 is 0 Å². The van der Waals surface area contributed by atoms with Gasteiger partial charge in [-0.2, -0.15) is 0 Å². The van der Waals surface area contributed by atoms with E-state index in [0.29, 0.717) is 29.6 Å². The van der Waals surface area contributed by atoms with E-state index in [1.165, 1.54) is 0 Å². The van der Waals surface area contributed by atoms with Crippen molar-refractivity contribution in [3.8, 4) is 11.3 Å². The van der Waals surface area contributed by atoms with Crippen LogP contribution in [0.4, 0.5) is 0 Å². The molecule has 0 radical (unpaired) electrons. The van der Waals surface area contributed by atoms with Crippen molar-refractivity contribution in [2.24, 2.45) is 0 Å². The Morgan fingerprint density at radius 2 is 1.48 bits per heavy atom. The Hall–Kier alpha value is -3.58. The van der Waals surface area contributed by atoms with Crippen LogP contribution in [-0.4, -0.2) is 41.6 Å². The van der Waals surface area contributed by atoms with E-state index in [1.54, 1.807) is 36.4 Å². The smallest absolute Gasteiger partial charge is 0.353 e. The van der Waals surface area contributed by atoms with Gasteiger partial charge < -0.3 is 9.62 Å². The standard InChI is InChI=1S/C27H24N2O4/c30-25-22-13-7-8-14-23(22)33-26(21-11-5-2-6-12-21)24(25)27(31)29(32)17-15-28(16-18-29)19-20-9-3-1-4-10-20/h1-14H,15-19H2. The molecule has 33 heavy (non-hydrogen) atoms. The molecule has 2 heterocycles. The zero-order valence-electron chi connectivity index (χ0n) is 18.1. The van der Waals surface area contributed by atoms with Gasteiger partial charge in [-0.05, 0) is 17.7 Å². The van der Waals surface area contributed by atoms with Gasteiger partial charge in [-0.1, -0.05) is 72.8 Å². The number of para-hydroxylation sites is 1. The highest BCUT2D eigenvalue weighted by Crippen LogP contribution is 2.29. The Labute approximate surface area is 191 Å². The highest BCUT2D eigenvalue weighted by atomic mass is 16.6. The average molecular weight is 440 g/mol. The number of quaternary nitrogens is 1. The van der Waals surface area contributed by atoms with E-state index in [4.69, 9.17) is 4.42 Å². The summed E-state index contributed by atoms with van der Waals surface area (Å²) < 4.78 is 4.98. The minimum atomic E-state index is -1.06. The average Bonchev–Trinajstić information content (AvgIpc) is 2.86. The van der Waals surface area contributed by atoms with Crippen molar-refractivity contribution >= 4 is 16.9 Å². The number of rotatable bonds is 4. The molecule has 1 saturated heterocycles. The van der Waals surface area contributed by atoms with Gasteiger partial charge in [0, 0.05) is 25.2 Å². The first-order valence-corrected chi connectivity index (χ1v) is 11.1. The molecule has 0 spiro atoms. The number of hydrogen-bond acceptors (Lipinski definition) is 5. The summed E-state index contributed by atoms with van der Waals surface area (Å²) in [7, 11) is 0. The maximum atomic E-state index is 13.7. The molecule has 0 atom stereocenters. The molecule has 1 fully saturated rings. The third-order valence-electron chi connectivity index (χ3n) is 6.22. The molecular weight excluding hydrogens is 416 g/mol. The number of nitrogens with zero attached hydrogens (tertiary/aromatic N) is 2. The van der Waals surface area contributed by atoms with Gasteiger partial charge in [-0.15, -0.1) is 0 Å². The normalized spacial score (nSPS) is 16.0. The van der Waals surface area contributed by atoms with Gasteiger partial charge in [0.25, 0.3) is 0 Å². The van der Waals surface area contributed by atoms with Crippen molar-refractivity contribution < 1.29 is 13.9 Å². The fourth-order valence-corrected chi connectivity index (χ4v) is 4.37. The Bertz CT molecular complexity index is 1340. The van der Waals surface area contributed by atoms with E-state index >= 15 is 0 Å². The number of hydroxylamine groups is 3. The molecule has 5 rings (SSSR count). The van der Waals surface area contributed by atoms with E-state index in [1.807, 2.05) is 48.5 Å². The predicted octanol–water partition coefficient (Wildman–Crippen LogP) is 4.43. The lowest BCUT2D eigenvalue weighted by molar-refractivity contribution is -0.803. The van der Waals surface area contributed by atoms with Gasteiger partial charge in [0.1, 0.15) is 5.58 Å². The largest absolute Gasteiger partial charge is 0.625 e. The second-order valence-electron chi connectivity index (χ2n) is 8.40. The number of fused-ring (bicyclic) bond motifs is 1. The molecule has 166 valence electrons. The molecule has 6 nitrogen and oxygen atoms in total. The summed E-state index contributed by atoms with van der Waals surface area (Å²) in [5, 5.41) is 14.0. The van der Waals surface area contributed by atoms with Crippen LogP contribution in [0.25, 0.3) is 22.3 Å². The van der Waals surface area contributed by atoms with E-state index in [9.17, 15) is 14.8 Å². The highest BCUT2D eigenvalue weighted by molar-refractivity contribution is 5.98. The van der Waals surface area contributed by atoms with Crippen LogP contribution in [0.15, 0.2) is 94.1 Å². The van der Waals surface area contributed by atoms with Crippen LogP contribution in [0.3, 0.4) is 0 Å². The highest BCUT2D eigenvalue weighted by Gasteiger charge is 2.38. The molecule has 0 bridgehead atoms. The van der Waals surface area contributed by atoms with E-state index in [-0.39, 0.29) is 24.4 Å². The first kappa shape index (κ1) is 21.3. The van der Waals surface area contributed by atoms with Crippen molar-refractivity contribution in [2.45, 2.75) is 6.54 Å². The first-order valence-electron chi connectivity index (χ1n) is 11.1. The maximum absolute atomic E-state index is 13.7. The van der Waals surface area contributed by atoms with Crippen LogP contribution in [-0.2, 0) is 6.54 Å². The first-order chi connectivity index (χ1) is 16.0. The summed E-state index contributed by atoms with van der Waals surface area (Å²) in [6, 6.07) is 25.9. The molecule has 0 N–H and O–H groups in total. The number of piperazine rings is 1. The zero-order valence-corrected chi connectivity index (χ0v) is 18.1. The summed E-state index contributed by atoms with van der Waals surface area (Å²) in [6.45, 7) is 1.86. The van der Waals surface area contributed by atoms with Gasteiger partial charge >= 0.3 is 5.91 Å². The van der Waals surface area contributed by atoms with E-state index in [2.05, 4.69) is 4.90 Å². The van der Waals surface area contributed by atoms with Crippen molar-refractivity contribution in [1.82, 2.24) is 4.90 Å². The van der Waals surface area contributed by atoms with Crippen LogP contribution in [0.2, 0.25) is 0 Å². The van der Waals surface area contributed by atoms with Crippen LogP contribution in [0, 0.1) is 5.21 Å². The van der Waals surface area contributed by atoms with Crippen LogP contribution in [0.1, 0.15) is 15.9 Å². The number of carbonyl (C=O) groups excluding carboxylic acids is 1. The molecule has 1 amide bonds. The number of carbonyl (C=O) groups is 1. The lowest BCUT2D eigenvalue weighted by atomic mass is 10.0. The van der Waals surface area contributed by atoms with Crippen LogP contribution < -0.4 is 5.43 Å². The van der Waals surface area contributed by atoms with Gasteiger partial charge in [0.2, 0.25) is 5.43 Å². The Balaban J connectivity index is 1.49. The molecular formula is C27H24N2O4. The van der Waals surface area contributed by atoms with Crippen molar-refractivity contribution in [1.29, 1.82) is 0 Å². The predicted molar refractivity (Wildman–Crippen MR) is 127 cm³/mol. The monoisotopic (exact) mass is 440 g/mol. The molecule has 3 aromatic carbocycles. The lowest BCUT2D eigenvalue weighted by Gasteiger charge is -2.45. The van der Waals surface area contributed by atoms with E-state index < -0.39 is 16.0 Å². The molecule has 1 aromatic heterocycles. The molecule has 4 aromatic rings. The Kier molecular flexibility index (Phi) is 5.64. The fraction of sp³-hybridized carbons (Fsp3) is 0.185. The van der Waals surface area contributed by atoms with Crippen molar-refractivity contribution in [2.75, 3.05) is 26.2 Å². The van der Waals surface area contributed by atoms with Gasteiger partial charge in [0.15, 0.2) is 11.3 Å². The van der Waals surface area contributed by atoms with Gasteiger partial charge in [0.05, 0.1) is 18.5 Å². The van der Waals surface area contributed by atoms with E-state index in [0.717, 1.165) is 12.1 Å². The van der Waals surface area contributed by atoms with Crippen molar-refractivity contribution in [3.63, 3.8) is 0 Å². The number of benzene rings is 3. The molecule has 1 aliphatic heterocycles. The van der Waals surface area contributed by atoms with Gasteiger partial charge in [-0.3, -0.25) is 14.3 Å². The third kappa shape index (κ3) is 4.12. The number of amides is 1. The fourth-order valence-electron chi connectivity index (χ4n) is 4.37. The molecule has 0 aliphatic carbocycles. The SMILES string of the molecule is O=C(c1c(-c2ccccc2)oc2ccccc2c1=O)[N+]1([O-])CCN(Cc2ccccc2)CC1. The third-order valence-corrected chi connectivity index (χ3v) is 6.22. The Morgan fingerprint density at radius 1 is 0.879 bits per heavy atom. The number of hydrogen-bond donors (Lipinski definition) is 0. The second-order valence-corrected chi connectivity index (χ2v) is 8.40. The second kappa shape index (κ2) is 8.75. The zero-order chi connectivity index (χ0) is 22.8. The minimum Gasteiger partial charge on any atom is -0.625 e. The summed E-state index contributed by atoms with van der Waals surface area (Å²) in [6.07, 6.45) is 0. The summed E-state index contributed by atoms with van der Waals surface area (Å²) in [5.74, 6) is -0.572. The Morgan fingerprint density at radius 3 is 2.18 bits per heavy atom. The van der Waals surface area contributed by atoms with Crippen molar-refractivity contribution in [3.05, 3.63) is 111 Å². The maximum Gasteiger partial charge on any atom is 0.353 e. The minimum absolute atomic E-state index is 0.0894. The summed E-state index contributed by atoms with van der Waals surface area (Å²) in [5.41, 5.74) is 1.53. The van der Waals surface area contributed by atoms with Crippen LogP contribution in [0.5, 0.6) is 0 Å². The lowest BCUT2D eigenvalue weighted by Crippen LogP contribution is -2.59. The topological polar surface area (TPSA) is 73.6 Å². The molecule has 1 aliphatic rings. The molecule has 6 heteroatoms. The van der Waals surface area contributed by atoms with Gasteiger partial charge in [-0.25, -0.2) is 4.79 Å². The summed E-state index contributed by atoms with van der Waals surface area (Å²) in [4.78, 5) is 29.2. The summed E-state index contributed by atoms with van der Waals surface area (Å²) >= 11 is 0. The molecule has 0 unspecified atom stereocenters. The molecule has 0 saturated carbocycles. The quantitative estimate of drug-likeness (QED) is 0.347.